The van der Waals surface area contributed by atoms with Gasteiger partial charge in [-0.25, -0.2) is 4.98 Å². The average Bonchev–Trinajstić information content (AvgIpc) is 2.66. The van der Waals surface area contributed by atoms with Gasteiger partial charge >= 0.3 is 0 Å². The number of aromatic nitrogens is 1. The number of piperazine rings is 3. The maximum absolute atomic E-state index is 5.65. The molecule has 4 rings (SSSR count). The normalized spacial score (nSPS) is 36.1. The van der Waals surface area contributed by atoms with Crippen molar-refractivity contribution in [3.63, 3.8) is 0 Å². The monoisotopic (exact) mass is 210 g/mol. The Kier molecular flexibility index (Phi) is 1.97. The Bertz CT molecular complexity index is 329. The summed E-state index contributed by atoms with van der Waals surface area (Å²) < 4.78 is 0. The molecule has 3 aliphatic heterocycles. The zero-order valence-corrected chi connectivity index (χ0v) is 8.83. The minimum absolute atomic E-state index is 0.500. The molecule has 2 bridgehead atoms. The first kappa shape index (κ1) is 8.64. The van der Waals surface area contributed by atoms with Crippen LogP contribution in [0, 0.1) is 0 Å². The molecule has 1 unspecified atom stereocenters. The maximum atomic E-state index is 5.65. The van der Waals surface area contributed by atoms with E-state index in [1.807, 2.05) is 5.38 Å². The molecule has 0 spiro atoms. The number of fused-ring (bicyclic) bond motifs is 3. The van der Waals surface area contributed by atoms with Crippen LogP contribution in [0.4, 0.5) is 5.82 Å². The van der Waals surface area contributed by atoms with E-state index in [9.17, 15) is 0 Å². The summed E-state index contributed by atoms with van der Waals surface area (Å²) in [5.74, 6) is 0.669. The molecule has 4 heterocycles. The van der Waals surface area contributed by atoms with Crippen LogP contribution < -0.4 is 5.73 Å². The topological polar surface area (TPSA) is 45.4 Å². The number of rotatable bonds is 1. The predicted octanol–water partition coefficient (Wildman–Crippen LogP) is 0.398. The van der Waals surface area contributed by atoms with Crippen molar-refractivity contribution in [3.05, 3.63) is 10.4 Å². The van der Waals surface area contributed by atoms with E-state index >= 15 is 0 Å². The Morgan fingerprint density at radius 1 is 1.36 bits per heavy atom. The number of nitrogens with two attached hydrogens (primary N) is 1. The molecule has 4 nitrogen and oxygen atoms in total. The molecule has 0 aromatic carbocycles. The minimum Gasteiger partial charge on any atom is -0.383 e. The number of nitrogen functional groups attached to an aromatic ring is 1. The minimum atomic E-state index is 0.500. The lowest BCUT2D eigenvalue weighted by Crippen LogP contribution is -2.56. The third kappa shape index (κ3) is 1.32. The SMILES string of the molecule is Nc1csc(C2CN3CCN2CC3)n1. The smallest absolute Gasteiger partial charge is 0.134 e. The molecule has 5 heteroatoms. The van der Waals surface area contributed by atoms with Crippen LogP contribution in [0.1, 0.15) is 11.0 Å². The lowest BCUT2D eigenvalue weighted by Gasteiger charge is -2.46. The van der Waals surface area contributed by atoms with Gasteiger partial charge in [-0.1, -0.05) is 0 Å². The van der Waals surface area contributed by atoms with Gasteiger partial charge in [-0.2, -0.15) is 0 Å². The molecule has 76 valence electrons. The van der Waals surface area contributed by atoms with Crippen molar-refractivity contribution in [2.45, 2.75) is 6.04 Å². The van der Waals surface area contributed by atoms with Gasteiger partial charge in [0.25, 0.3) is 0 Å². The van der Waals surface area contributed by atoms with Gasteiger partial charge in [0.05, 0.1) is 6.04 Å². The van der Waals surface area contributed by atoms with Crippen LogP contribution in [-0.4, -0.2) is 47.5 Å². The third-order valence-corrected chi connectivity index (χ3v) is 4.07. The molecule has 3 aliphatic rings. The van der Waals surface area contributed by atoms with E-state index in [0.29, 0.717) is 11.9 Å². The molecule has 0 saturated carbocycles. The van der Waals surface area contributed by atoms with Gasteiger partial charge in [0.2, 0.25) is 0 Å². The molecular formula is C9H14N4S. The number of hydrogen-bond donors (Lipinski definition) is 1. The van der Waals surface area contributed by atoms with Crippen LogP contribution >= 0.6 is 11.3 Å². The van der Waals surface area contributed by atoms with Crippen molar-refractivity contribution in [1.82, 2.24) is 14.8 Å². The van der Waals surface area contributed by atoms with Crippen molar-refractivity contribution < 1.29 is 0 Å². The summed E-state index contributed by atoms with van der Waals surface area (Å²) in [6, 6.07) is 0.500. The largest absolute Gasteiger partial charge is 0.383 e. The first-order valence-corrected chi connectivity index (χ1v) is 5.88. The summed E-state index contributed by atoms with van der Waals surface area (Å²) in [4.78, 5) is 9.42. The van der Waals surface area contributed by atoms with Gasteiger partial charge in [0.15, 0.2) is 0 Å². The molecule has 1 aromatic rings. The molecule has 0 radical (unpaired) electrons. The summed E-state index contributed by atoms with van der Waals surface area (Å²) in [7, 11) is 0. The fourth-order valence-corrected chi connectivity index (χ4v) is 3.14. The van der Waals surface area contributed by atoms with E-state index < -0.39 is 0 Å². The zero-order valence-electron chi connectivity index (χ0n) is 8.02. The Hall–Kier alpha value is -0.650. The first-order valence-electron chi connectivity index (χ1n) is 5.00. The molecule has 0 amide bonds. The standard InChI is InChI=1S/C9H14N4S/c10-8-6-14-9(11-8)7-5-12-1-3-13(7)4-2-12/h6-7H,1-5,10H2. The second-order valence-corrected chi connectivity index (χ2v) is 4.85. The molecule has 1 atom stereocenters. The van der Waals surface area contributed by atoms with Crippen molar-refractivity contribution >= 4 is 17.2 Å². The fourth-order valence-electron chi connectivity index (χ4n) is 2.31. The van der Waals surface area contributed by atoms with Crippen LogP contribution in [0.3, 0.4) is 0 Å². The Morgan fingerprint density at radius 2 is 2.14 bits per heavy atom. The molecule has 0 aliphatic carbocycles. The van der Waals surface area contributed by atoms with E-state index in [0.717, 1.165) is 6.54 Å². The highest BCUT2D eigenvalue weighted by molar-refractivity contribution is 7.10. The van der Waals surface area contributed by atoms with Gasteiger partial charge < -0.3 is 5.73 Å². The molecule has 14 heavy (non-hydrogen) atoms. The second-order valence-electron chi connectivity index (χ2n) is 3.96. The number of hydrogen-bond acceptors (Lipinski definition) is 5. The summed E-state index contributed by atoms with van der Waals surface area (Å²) in [5.41, 5.74) is 5.65. The van der Waals surface area contributed by atoms with Crippen molar-refractivity contribution in [2.75, 3.05) is 38.5 Å². The average molecular weight is 210 g/mol. The second kappa shape index (κ2) is 3.18. The predicted molar refractivity (Wildman–Crippen MR) is 57.3 cm³/mol. The van der Waals surface area contributed by atoms with Crippen LogP contribution in [0.15, 0.2) is 5.38 Å². The lowest BCUT2D eigenvalue weighted by molar-refractivity contribution is 0.0123. The van der Waals surface area contributed by atoms with Gasteiger partial charge in [-0.15, -0.1) is 11.3 Å². The molecule has 3 saturated heterocycles. The summed E-state index contributed by atoms with van der Waals surface area (Å²) >= 11 is 1.69. The van der Waals surface area contributed by atoms with E-state index in [4.69, 9.17) is 5.73 Å². The highest BCUT2D eigenvalue weighted by atomic mass is 32.1. The van der Waals surface area contributed by atoms with Gasteiger partial charge in [0.1, 0.15) is 10.8 Å². The summed E-state index contributed by atoms with van der Waals surface area (Å²) in [6.45, 7) is 5.94. The Labute approximate surface area is 87.3 Å². The van der Waals surface area contributed by atoms with Crippen LogP contribution in [0.25, 0.3) is 0 Å². The number of anilines is 1. The molecule has 1 aromatic heterocycles. The number of thiazole rings is 1. The van der Waals surface area contributed by atoms with Gasteiger partial charge in [-0.3, -0.25) is 9.80 Å². The van der Waals surface area contributed by atoms with E-state index in [-0.39, 0.29) is 0 Å². The van der Waals surface area contributed by atoms with Gasteiger partial charge in [0, 0.05) is 38.1 Å². The fraction of sp³-hybridized carbons (Fsp3) is 0.667. The molecule has 2 N–H and O–H groups in total. The highest BCUT2D eigenvalue weighted by Crippen LogP contribution is 2.30. The van der Waals surface area contributed by atoms with Crippen LogP contribution in [0.2, 0.25) is 0 Å². The van der Waals surface area contributed by atoms with Crippen molar-refractivity contribution in [1.29, 1.82) is 0 Å². The first-order chi connectivity index (χ1) is 6.83. The lowest BCUT2D eigenvalue weighted by atomic mass is 10.1. The summed E-state index contributed by atoms with van der Waals surface area (Å²) in [5, 5.41) is 3.13. The van der Waals surface area contributed by atoms with E-state index in [1.54, 1.807) is 11.3 Å². The zero-order chi connectivity index (χ0) is 9.54. The van der Waals surface area contributed by atoms with E-state index in [2.05, 4.69) is 14.8 Å². The third-order valence-electron chi connectivity index (χ3n) is 3.10. The molecule has 3 fully saturated rings. The Balaban J connectivity index is 1.85. The quantitative estimate of drug-likeness (QED) is 0.728. The summed E-state index contributed by atoms with van der Waals surface area (Å²) in [6.07, 6.45) is 0. The van der Waals surface area contributed by atoms with Crippen LogP contribution in [0.5, 0.6) is 0 Å². The van der Waals surface area contributed by atoms with Crippen molar-refractivity contribution in [3.8, 4) is 0 Å². The van der Waals surface area contributed by atoms with E-state index in [1.165, 1.54) is 31.2 Å². The highest BCUT2D eigenvalue weighted by Gasteiger charge is 2.34. The van der Waals surface area contributed by atoms with Crippen LogP contribution in [-0.2, 0) is 0 Å². The number of nitrogens with zero attached hydrogens (tertiary/aromatic N) is 3. The van der Waals surface area contributed by atoms with Gasteiger partial charge in [-0.05, 0) is 0 Å². The molecular weight excluding hydrogens is 196 g/mol. The maximum Gasteiger partial charge on any atom is 0.134 e. The Morgan fingerprint density at radius 3 is 2.64 bits per heavy atom. The van der Waals surface area contributed by atoms with Crippen molar-refractivity contribution in [2.24, 2.45) is 0 Å².